The van der Waals surface area contributed by atoms with Crippen LogP contribution in [0.4, 0.5) is 0 Å². The molecule has 3 heteroatoms. The summed E-state index contributed by atoms with van der Waals surface area (Å²) in [6.07, 6.45) is 8.80. The van der Waals surface area contributed by atoms with E-state index in [9.17, 15) is 0 Å². The van der Waals surface area contributed by atoms with Gasteiger partial charge in [-0.3, -0.25) is 0 Å². The molecule has 0 bridgehead atoms. The Labute approximate surface area is 133 Å². The predicted molar refractivity (Wildman–Crippen MR) is 38.0 cm³/mol. The van der Waals surface area contributed by atoms with Gasteiger partial charge in [0.2, 0.25) is 0 Å². The molecule has 0 saturated heterocycles. The summed E-state index contributed by atoms with van der Waals surface area (Å²) in [5, 5.41) is 0. The zero-order valence-electron chi connectivity index (χ0n) is 7.36. The monoisotopic (exact) mass is 345 g/mol. The molecule has 62 valence electrons. The van der Waals surface area contributed by atoms with Gasteiger partial charge >= 0.3 is 17.1 Å². The van der Waals surface area contributed by atoms with Crippen molar-refractivity contribution in [3.05, 3.63) is 20.3 Å². The van der Waals surface area contributed by atoms with E-state index in [0.29, 0.717) is 0 Å². The average Bonchev–Trinajstić information content (AvgIpc) is 1.69. The van der Waals surface area contributed by atoms with Crippen molar-refractivity contribution in [3.8, 4) is 0 Å². The van der Waals surface area contributed by atoms with Crippen molar-refractivity contribution in [2.24, 2.45) is 5.92 Å². The Balaban J connectivity index is -0.0000000612. The van der Waals surface area contributed by atoms with Crippen LogP contribution in [0.2, 0.25) is 0 Å². The fourth-order valence-corrected chi connectivity index (χ4v) is 0.976. The molecule has 0 atom stereocenters. The molecule has 0 aromatic heterocycles. The van der Waals surface area contributed by atoms with Crippen molar-refractivity contribution in [3.63, 3.8) is 0 Å². The van der Waals surface area contributed by atoms with Crippen molar-refractivity contribution in [1.29, 1.82) is 0 Å². The Hall–Kier alpha value is 2.73. The van der Waals surface area contributed by atoms with Gasteiger partial charge in [0.25, 0.3) is 0 Å². The number of hydrogen-bond acceptors (Lipinski definition) is 0. The van der Waals surface area contributed by atoms with Crippen LogP contribution < -0.4 is 0 Å². The van der Waals surface area contributed by atoms with E-state index in [4.69, 9.17) is 0 Å². The minimum absolute atomic E-state index is 0. The van der Waals surface area contributed by atoms with E-state index in [1.165, 1.54) is 19.3 Å². The van der Waals surface area contributed by atoms with E-state index in [-0.39, 0.29) is 89.9 Å². The molecule has 0 amide bonds. The van der Waals surface area contributed by atoms with Gasteiger partial charge in [-0.25, -0.2) is 0 Å². The third kappa shape index (κ3) is 12.7. The van der Waals surface area contributed by atoms with Crippen LogP contribution in [-0.4, -0.2) is 0 Å². The third-order valence-corrected chi connectivity index (χ3v) is 1.49. The predicted octanol–water partition coefficient (Wildman–Crippen LogP) is 2.66. The Morgan fingerprint density at radius 3 is 1.64 bits per heavy atom. The topological polar surface area (TPSA) is 0 Å². The second-order valence-electron chi connectivity index (χ2n) is 2.26. The standard InChI is InChI=1S/C7H12.CH3.Fe.2Y/c1-7-5-3-2-4-6-7;;;;/h5-7H,2-4H2,1H3;1H3;;;/q-2;-1;+2;;. The molecule has 0 aliphatic heterocycles. The van der Waals surface area contributed by atoms with Crippen LogP contribution in [0.1, 0.15) is 26.2 Å². The largest absolute Gasteiger partial charge is 2.00 e. The quantitative estimate of drug-likeness (QED) is 0.468. The van der Waals surface area contributed by atoms with Gasteiger partial charge in [-0.2, -0.15) is 12.8 Å². The molecule has 0 N–H and O–H groups in total. The van der Waals surface area contributed by atoms with Gasteiger partial charge in [-0.15, -0.1) is 13.3 Å². The van der Waals surface area contributed by atoms with E-state index >= 15 is 0 Å². The summed E-state index contributed by atoms with van der Waals surface area (Å²) in [7, 11) is 0. The number of hydrogen-bond donors (Lipinski definition) is 0. The molecule has 0 aromatic carbocycles. The molecule has 0 unspecified atom stereocenters. The van der Waals surface area contributed by atoms with Crippen molar-refractivity contribution in [2.75, 3.05) is 0 Å². The first-order valence-electron chi connectivity index (χ1n) is 3.06. The molecule has 1 aliphatic carbocycles. The fourth-order valence-electron chi connectivity index (χ4n) is 0.976. The fraction of sp³-hybridized carbons (Fsp3) is 0.625. The first kappa shape index (κ1) is 23.5. The molecule has 0 aromatic rings. The summed E-state index contributed by atoms with van der Waals surface area (Å²) in [6.45, 7) is 2.25. The summed E-state index contributed by atoms with van der Waals surface area (Å²) >= 11 is 0. The van der Waals surface area contributed by atoms with Crippen molar-refractivity contribution in [2.45, 2.75) is 26.2 Å². The molecule has 1 aliphatic rings. The molecular weight excluding hydrogens is 330 g/mol. The van der Waals surface area contributed by atoms with Crippen LogP contribution in [0.15, 0.2) is 0 Å². The second kappa shape index (κ2) is 15.2. The Morgan fingerprint density at radius 2 is 1.45 bits per heavy atom. The summed E-state index contributed by atoms with van der Waals surface area (Å²) in [6, 6.07) is 0. The Kier molecular flexibility index (Phi) is 32.5. The number of rotatable bonds is 0. The van der Waals surface area contributed by atoms with E-state index < -0.39 is 0 Å². The molecule has 11 heavy (non-hydrogen) atoms. The van der Waals surface area contributed by atoms with Crippen molar-refractivity contribution >= 4 is 0 Å². The molecule has 0 spiro atoms. The minimum Gasteiger partial charge on any atom is -0.358 e. The Morgan fingerprint density at radius 1 is 1.09 bits per heavy atom. The molecule has 0 heterocycles. The molecular formula is C8H15FeY2-. The van der Waals surface area contributed by atoms with Gasteiger partial charge in [0, 0.05) is 65.4 Å². The first-order valence-corrected chi connectivity index (χ1v) is 3.06. The summed E-state index contributed by atoms with van der Waals surface area (Å²) in [5.74, 6) is 0.786. The molecule has 2 radical (unpaired) electrons. The van der Waals surface area contributed by atoms with Gasteiger partial charge in [-0.05, 0) is 0 Å². The molecule has 1 fully saturated rings. The van der Waals surface area contributed by atoms with Crippen LogP contribution in [0.25, 0.3) is 0 Å². The molecule has 1 rings (SSSR count). The van der Waals surface area contributed by atoms with Gasteiger partial charge in [0.15, 0.2) is 0 Å². The van der Waals surface area contributed by atoms with E-state index in [2.05, 4.69) is 19.8 Å². The zero-order valence-corrected chi connectivity index (χ0v) is 14.1. The van der Waals surface area contributed by atoms with Gasteiger partial charge < -0.3 is 26.2 Å². The van der Waals surface area contributed by atoms with Crippen LogP contribution in [-0.2, 0) is 82.5 Å². The molecule has 0 nitrogen and oxygen atoms in total. The SMILES string of the molecule is CC1[CH-]CCC[CH-]1.[CH3-].[Fe+2].[Y].[Y]. The van der Waals surface area contributed by atoms with Crippen LogP contribution in [0.3, 0.4) is 0 Å². The molecule has 1 saturated carbocycles. The normalized spacial score (nSPS) is 16.1. The van der Waals surface area contributed by atoms with Crippen LogP contribution in [0.5, 0.6) is 0 Å². The van der Waals surface area contributed by atoms with E-state index in [0.717, 1.165) is 5.92 Å². The maximum Gasteiger partial charge on any atom is 2.00 e. The van der Waals surface area contributed by atoms with E-state index in [1.807, 2.05) is 0 Å². The maximum absolute atomic E-state index is 2.38. The van der Waals surface area contributed by atoms with Crippen LogP contribution in [0, 0.1) is 26.2 Å². The van der Waals surface area contributed by atoms with Crippen molar-refractivity contribution < 1.29 is 82.5 Å². The van der Waals surface area contributed by atoms with Gasteiger partial charge in [0.1, 0.15) is 0 Å². The van der Waals surface area contributed by atoms with Gasteiger partial charge in [-0.1, -0.05) is 0 Å². The first-order chi connectivity index (χ1) is 3.39. The third-order valence-electron chi connectivity index (χ3n) is 1.49. The van der Waals surface area contributed by atoms with Crippen LogP contribution >= 0.6 is 0 Å². The second-order valence-corrected chi connectivity index (χ2v) is 2.26. The van der Waals surface area contributed by atoms with E-state index in [1.54, 1.807) is 0 Å². The van der Waals surface area contributed by atoms with Crippen molar-refractivity contribution in [1.82, 2.24) is 0 Å². The zero-order chi connectivity index (χ0) is 5.11. The smallest absolute Gasteiger partial charge is 0.358 e. The van der Waals surface area contributed by atoms with Gasteiger partial charge in [0.05, 0.1) is 0 Å². The maximum atomic E-state index is 2.38. The Bertz CT molecular complexity index is 54.1. The average molecular weight is 345 g/mol. The summed E-state index contributed by atoms with van der Waals surface area (Å²) in [4.78, 5) is 0. The minimum atomic E-state index is 0. The summed E-state index contributed by atoms with van der Waals surface area (Å²) < 4.78 is 0. The summed E-state index contributed by atoms with van der Waals surface area (Å²) in [5.41, 5.74) is 0.